The Morgan fingerprint density at radius 1 is 1.16 bits per heavy atom. The normalized spacial score (nSPS) is 10.0. The number of carbonyl (C=O) groups is 1. The van der Waals surface area contributed by atoms with Crippen molar-refractivity contribution in [1.82, 2.24) is 0 Å². The van der Waals surface area contributed by atoms with Crippen molar-refractivity contribution >= 4 is 11.5 Å². The van der Waals surface area contributed by atoms with Gasteiger partial charge in [0.25, 0.3) is 0 Å². The molecular weight excluding hydrogens is 238 g/mol. The molecule has 0 fully saturated rings. The number of hydrogen-bond donors (Lipinski definition) is 1. The maximum atomic E-state index is 12.1. The smallest absolute Gasteiger partial charge is 0.181 e. The average molecular weight is 255 g/mol. The van der Waals surface area contributed by atoms with Gasteiger partial charge in [-0.25, -0.2) is 0 Å². The molecule has 0 aliphatic heterocycles. The van der Waals surface area contributed by atoms with E-state index in [1.54, 1.807) is 19.2 Å². The standard InChI is InChI=1S/C16H17NO2/c1-12-6-3-4-9-15(12)17-11-16(18)13-7-5-8-14(10-13)19-2/h3-10,17H,11H2,1-2H3. The van der Waals surface area contributed by atoms with Crippen LogP contribution < -0.4 is 10.1 Å². The van der Waals surface area contributed by atoms with Crippen LogP contribution in [0.2, 0.25) is 0 Å². The van der Waals surface area contributed by atoms with Crippen LogP contribution in [-0.2, 0) is 0 Å². The van der Waals surface area contributed by atoms with Crippen molar-refractivity contribution in [1.29, 1.82) is 0 Å². The lowest BCUT2D eigenvalue weighted by Gasteiger charge is -2.09. The highest BCUT2D eigenvalue weighted by atomic mass is 16.5. The number of anilines is 1. The van der Waals surface area contributed by atoms with Gasteiger partial charge in [0.15, 0.2) is 5.78 Å². The Bertz CT molecular complexity index is 578. The molecule has 0 aliphatic carbocycles. The van der Waals surface area contributed by atoms with Gasteiger partial charge in [-0.15, -0.1) is 0 Å². The van der Waals surface area contributed by atoms with Crippen LogP contribution >= 0.6 is 0 Å². The molecule has 0 amide bonds. The highest BCUT2D eigenvalue weighted by Crippen LogP contribution is 2.15. The lowest BCUT2D eigenvalue weighted by atomic mass is 10.1. The lowest BCUT2D eigenvalue weighted by Crippen LogP contribution is -2.14. The second-order valence-electron chi connectivity index (χ2n) is 4.32. The van der Waals surface area contributed by atoms with E-state index in [0.29, 0.717) is 11.3 Å². The fourth-order valence-corrected chi connectivity index (χ4v) is 1.85. The number of benzene rings is 2. The van der Waals surface area contributed by atoms with Gasteiger partial charge in [0.1, 0.15) is 5.75 Å². The molecule has 0 bridgehead atoms. The zero-order valence-electron chi connectivity index (χ0n) is 11.1. The maximum Gasteiger partial charge on any atom is 0.181 e. The van der Waals surface area contributed by atoms with Crippen LogP contribution in [0.15, 0.2) is 48.5 Å². The summed E-state index contributed by atoms with van der Waals surface area (Å²) >= 11 is 0. The predicted octanol–water partition coefficient (Wildman–Crippen LogP) is 3.30. The van der Waals surface area contributed by atoms with Gasteiger partial charge in [0, 0.05) is 11.3 Å². The first kappa shape index (κ1) is 13.1. The van der Waals surface area contributed by atoms with E-state index in [4.69, 9.17) is 4.74 Å². The predicted molar refractivity (Wildman–Crippen MR) is 77.0 cm³/mol. The van der Waals surface area contributed by atoms with Crippen LogP contribution in [0.5, 0.6) is 5.75 Å². The van der Waals surface area contributed by atoms with E-state index < -0.39 is 0 Å². The van der Waals surface area contributed by atoms with Crippen LogP contribution in [0.3, 0.4) is 0 Å². The molecule has 0 radical (unpaired) electrons. The first-order valence-corrected chi connectivity index (χ1v) is 6.17. The topological polar surface area (TPSA) is 38.3 Å². The van der Waals surface area contributed by atoms with Crippen LogP contribution in [-0.4, -0.2) is 19.4 Å². The van der Waals surface area contributed by atoms with E-state index in [-0.39, 0.29) is 12.3 Å². The summed E-state index contributed by atoms with van der Waals surface area (Å²) in [5, 5.41) is 3.16. The van der Waals surface area contributed by atoms with Gasteiger partial charge in [-0.2, -0.15) is 0 Å². The van der Waals surface area contributed by atoms with E-state index in [0.717, 1.165) is 11.3 Å². The number of ether oxygens (including phenoxy) is 1. The molecular formula is C16H17NO2. The van der Waals surface area contributed by atoms with E-state index in [1.807, 2.05) is 43.3 Å². The number of Topliss-reactive ketones (excluding diaryl/α,β-unsaturated/α-hetero) is 1. The number of methoxy groups -OCH3 is 1. The maximum absolute atomic E-state index is 12.1. The summed E-state index contributed by atoms with van der Waals surface area (Å²) in [6.45, 7) is 2.29. The van der Waals surface area contributed by atoms with E-state index >= 15 is 0 Å². The molecule has 3 heteroatoms. The van der Waals surface area contributed by atoms with E-state index in [1.165, 1.54) is 0 Å². The Labute approximate surface area is 113 Å². The van der Waals surface area contributed by atoms with Crippen LogP contribution in [0.1, 0.15) is 15.9 Å². The molecule has 0 spiro atoms. The monoisotopic (exact) mass is 255 g/mol. The first-order chi connectivity index (χ1) is 9.20. The molecule has 0 aromatic heterocycles. The molecule has 2 rings (SSSR count). The molecule has 0 unspecified atom stereocenters. The Morgan fingerprint density at radius 3 is 2.68 bits per heavy atom. The van der Waals surface area contributed by atoms with Crippen LogP contribution in [0, 0.1) is 6.92 Å². The highest BCUT2D eigenvalue weighted by molar-refractivity contribution is 5.99. The summed E-state index contributed by atoms with van der Waals surface area (Å²) in [5.41, 5.74) is 2.76. The van der Waals surface area contributed by atoms with Gasteiger partial charge in [0.2, 0.25) is 0 Å². The van der Waals surface area contributed by atoms with Gasteiger partial charge in [0.05, 0.1) is 13.7 Å². The molecule has 2 aromatic carbocycles. The second kappa shape index (κ2) is 6.05. The molecule has 1 N–H and O–H groups in total. The molecule has 0 atom stereocenters. The van der Waals surface area contributed by atoms with E-state index in [9.17, 15) is 4.79 Å². The van der Waals surface area contributed by atoms with Crippen molar-refractivity contribution in [2.45, 2.75) is 6.92 Å². The van der Waals surface area contributed by atoms with Gasteiger partial charge < -0.3 is 10.1 Å². The summed E-state index contributed by atoms with van der Waals surface area (Å²) in [6, 6.07) is 15.1. The quantitative estimate of drug-likeness (QED) is 0.833. The fraction of sp³-hybridized carbons (Fsp3) is 0.188. The van der Waals surface area contributed by atoms with E-state index in [2.05, 4.69) is 5.32 Å². The zero-order valence-corrected chi connectivity index (χ0v) is 11.1. The van der Waals surface area contributed by atoms with Gasteiger partial charge >= 0.3 is 0 Å². The van der Waals surface area contributed by atoms with Gasteiger partial charge in [-0.05, 0) is 30.7 Å². The minimum absolute atomic E-state index is 0.0437. The number of nitrogens with one attached hydrogen (secondary N) is 1. The third-order valence-electron chi connectivity index (χ3n) is 2.98. The molecule has 0 saturated carbocycles. The second-order valence-corrected chi connectivity index (χ2v) is 4.32. The molecule has 0 heterocycles. The number of aryl methyl sites for hydroxylation is 1. The van der Waals surface area contributed by atoms with Crippen molar-refractivity contribution in [3.05, 3.63) is 59.7 Å². The third-order valence-corrected chi connectivity index (χ3v) is 2.98. The summed E-state index contributed by atoms with van der Waals surface area (Å²) in [5.74, 6) is 0.740. The number of rotatable bonds is 5. The Balaban J connectivity index is 2.03. The number of carbonyl (C=O) groups excluding carboxylic acids is 1. The van der Waals surface area contributed by atoms with Crippen molar-refractivity contribution in [3.63, 3.8) is 0 Å². The fourth-order valence-electron chi connectivity index (χ4n) is 1.85. The van der Waals surface area contributed by atoms with Crippen molar-refractivity contribution in [2.24, 2.45) is 0 Å². The Kier molecular flexibility index (Phi) is 4.18. The largest absolute Gasteiger partial charge is 0.497 e. The zero-order chi connectivity index (χ0) is 13.7. The summed E-state index contributed by atoms with van der Waals surface area (Å²) in [6.07, 6.45) is 0. The summed E-state index contributed by atoms with van der Waals surface area (Å²) in [7, 11) is 1.59. The molecule has 0 saturated heterocycles. The number of ketones is 1. The minimum Gasteiger partial charge on any atom is -0.497 e. The Hall–Kier alpha value is -2.29. The summed E-state index contributed by atoms with van der Waals surface area (Å²) < 4.78 is 5.11. The number of hydrogen-bond acceptors (Lipinski definition) is 3. The molecule has 19 heavy (non-hydrogen) atoms. The number of para-hydroxylation sites is 1. The third kappa shape index (κ3) is 3.35. The molecule has 2 aromatic rings. The van der Waals surface area contributed by atoms with Crippen LogP contribution in [0.25, 0.3) is 0 Å². The summed E-state index contributed by atoms with van der Waals surface area (Å²) in [4.78, 5) is 12.1. The highest BCUT2D eigenvalue weighted by Gasteiger charge is 2.07. The molecule has 98 valence electrons. The van der Waals surface area contributed by atoms with Crippen molar-refractivity contribution < 1.29 is 9.53 Å². The SMILES string of the molecule is COc1cccc(C(=O)CNc2ccccc2C)c1. The molecule has 3 nitrogen and oxygen atoms in total. The average Bonchev–Trinajstić information content (AvgIpc) is 2.46. The van der Waals surface area contributed by atoms with Gasteiger partial charge in [-0.3, -0.25) is 4.79 Å². The minimum atomic E-state index is 0.0437. The molecule has 0 aliphatic rings. The van der Waals surface area contributed by atoms with Gasteiger partial charge in [-0.1, -0.05) is 30.3 Å². The van der Waals surface area contributed by atoms with Crippen molar-refractivity contribution in [3.8, 4) is 5.75 Å². The first-order valence-electron chi connectivity index (χ1n) is 6.17. The lowest BCUT2D eigenvalue weighted by molar-refractivity contribution is 0.101. The Morgan fingerprint density at radius 2 is 1.95 bits per heavy atom. The van der Waals surface area contributed by atoms with Crippen molar-refractivity contribution in [2.75, 3.05) is 19.0 Å². The van der Waals surface area contributed by atoms with Crippen LogP contribution in [0.4, 0.5) is 5.69 Å².